The number of benzene rings is 6. The summed E-state index contributed by atoms with van der Waals surface area (Å²) in [6, 6.07) is 32.8. The topological polar surface area (TPSA) is 82.9 Å². The van der Waals surface area contributed by atoms with Gasteiger partial charge in [-0.25, -0.2) is 10.9 Å². The van der Waals surface area contributed by atoms with E-state index in [4.69, 9.17) is 0 Å². The Kier molecular flexibility index (Phi) is 8.16. The zero-order valence-electron chi connectivity index (χ0n) is 23.9. The smallest absolute Gasteiger partial charge is 0.250 e. The molecule has 0 spiro atoms. The molecule has 0 heterocycles. The molecule has 6 nitrogen and oxygen atoms in total. The van der Waals surface area contributed by atoms with Crippen LogP contribution in [-0.2, 0) is 9.59 Å². The molecule has 7 heteroatoms. The number of amides is 2. The Balaban J connectivity index is 1.07. The predicted octanol–water partition coefficient (Wildman–Crippen LogP) is 7.25. The highest BCUT2D eigenvalue weighted by atomic mass is 32.2. The van der Waals surface area contributed by atoms with Crippen LogP contribution in [-0.4, -0.2) is 35.7 Å². The molecule has 0 aliphatic heterocycles. The molecule has 0 unspecified atom stereocenters. The van der Waals surface area contributed by atoms with Crippen LogP contribution in [0.5, 0.6) is 0 Å². The molecule has 0 saturated carbocycles. The zero-order valence-corrected chi connectivity index (χ0v) is 24.7. The van der Waals surface area contributed by atoms with Gasteiger partial charge in [0.2, 0.25) is 11.8 Å². The molecule has 212 valence electrons. The van der Waals surface area contributed by atoms with Crippen LogP contribution >= 0.6 is 11.8 Å². The van der Waals surface area contributed by atoms with Gasteiger partial charge in [-0.2, -0.15) is 10.2 Å². The van der Waals surface area contributed by atoms with E-state index in [1.54, 1.807) is 12.4 Å². The summed E-state index contributed by atoms with van der Waals surface area (Å²) in [4.78, 5) is 24.9. The number of rotatable bonds is 8. The van der Waals surface area contributed by atoms with Gasteiger partial charge >= 0.3 is 0 Å². The lowest BCUT2D eigenvalue weighted by Gasteiger charge is -2.12. The molecule has 6 aromatic rings. The molecule has 2 N–H and O–H groups in total. The largest absolute Gasteiger partial charge is 0.272 e. The Morgan fingerprint density at radius 2 is 0.814 bits per heavy atom. The van der Waals surface area contributed by atoms with Crippen LogP contribution in [0.15, 0.2) is 107 Å². The number of nitrogens with one attached hydrogen (secondary N) is 2. The lowest BCUT2D eigenvalue weighted by molar-refractivity contribution is -0.118. The number of carbonyl (C=O) groups excluding carboxylic acids is 2. The highest BCUT2D eigenvalue weighted by Crippen LogP contribution is 2.32. The summed E-state index contributed by atoms with van der Waals surface area (Å²) in [5.41, 5.74) is 9.54. The van der Waals surface area contributed by atoms with E-state index >= 15 is 0 Å². The van der Waals surface area contributed by atoms with Crippen LogP contribution in [0.2, 0.25) is 0 Å². The Morgan fingerprint density at radius 3 is 1.12 bits per heavy atom. The van der Waals surface area contributed by atoms with Gasteiger partial charge in [0.1, 0.15) is 0 Å². The molecule has 43 heavy (non-hydrogen) atoms. The van der Waals surface area contributed by atoms with Gasteiger partial charge in [0.25, 0.3) is 0 Å². The summed E-state index contributed by atoms with van der Waals surface area (Å²) in [5.74, 6) is -0.375. The molecule has 6 aromatic carbocycles. The molecule has 0 aliphatic carbocycles. The molecular weight excluding hydrogens is 552 g/mol. The average molecular weight is 583 g/mol. The lowest BCUT2D eigenvalue weighted by atomic mass is 9.93. The van der Waals surface area contributed by atoms with E-state index in [-0.39, 0.29) is 23.3 Å². The van der Waals surface area contributed by atoms with Gasteiger partial charge in [-0.3, -0.25) is 9.59 Å². The first-order valence-corrected chi connectivity index (χ1v) is 15.2. The van der Waals surface area contributed by atoms with Crippen molar-refractivity contribution in [2.24, 2.45) is 10.2 Å². The maximum absolute atomic E-state index is 12.5. The first kappa shape index (κ1) is 28.1. The van der Waals surface area contributed by atoms with E-state index in [2.05, 4.69) is 83.4 Å². The minimum Gasteiger partial charge on any atom is -0.272 e. The number of thioether (sulfide) groups is 1. The third kappa shape index (κ3) is 5.72. The molecular formula is C36H30N4O2S. The molecule has 0 atom stereocenters. The maximum atomic E-state index is 12.5. The van der Waals surface area contributed by atoms with Crippen LogP contribution in [0, 0.1) is 13.8 Å². The Hall–Kier alpha value is -5.01. The van der Waals surface area contributed by atoms with Crippen LogP contribution in [0.4, 0.5) is 0 Å². The summed E-state index contributed by atoms with van der Waals surface area (Å²) < 4.78 is 0. The Bertz CT molecular complexity index is 1820. The van der Waals surface area contributed by atoms with Crippen LogP contribution in [0.3, 0.4) is 0 Å². The normalized spacial score (nSPS) is 11.8. The maximum Gasteiger partial charge on any atom is 0.250 e. The molecule has 0 aromatic heterocycles. The summed E-state index contributed by atoms with van der Waals surface area (Å²) in [5, 5.41) is 17.4. The van der Waals surface area contributed by atoms with E-state index in [0.717, 1.165) is 54.2 Å². The second kappa shape index (κ2) is 12.5. The SMILES string of the molecule is Cc1c2ccccc2c(/C=N/NC(=O)CSCC(=O)N/N=C/c2c3ccccc3c(C)c3ccccc23)c2ccccc12. The fourth-order valence-corrected chi connectivity index (χ4v) is 6.28. The summed E-state index contributed by atoms with van der Waals surface area (Å²) >= 11 is 1.20. The predicted molar refractivity (Wildman–Crippen MR) is 181 cm³/mol. The van der Waals surface area contributed by atoms with Crippen molar-refractivity contribution in [3.63, 3.8) is 0 Å². The van der Waals surface area contributed by atoms with Crippen molar-refractivity contribution in [1.82, 2.24) is 10.9 Å². The van der Waals surface area contributed by atoms with E-state index in [9.17, 15) is 9.59 Å². The third-order valence-corrected chi connectivity index (χ3v) is 8.65. The quantitative estimate of drug-likeness (QED) is 0.113. The van der Waals surface area contributed by atoms with Crippen molar-refractivity contribution in [3.05, 3.63) is 119 Å². The highest BCUT2D eigenvalue weighted by Gasteiger charge is 2.11. The second-order valence-electron chi connectivity index (χ2n) is 10.3. The van der Waals surface area contributed by atoms with Gasteiger partial charge in [-0.1, -0.05) is 97.1 Å². The Morgan fingerprint density at radius 1 is 0.535 bits per heavy atom. The number of carbonyl (C=O) groups is 2. The first-order valence-electron chi connectivity index (χ1n) is 14.0. The van der Waals surface area contributed by atoms with Crippen molar-refractivity contribution < 1.29 is 9.59 Å². The van der Waals surface area contributed by atoms with Crippen molar-refractivity contribution in [2.75, 3.05) is 11.5 Å². The molecule has 0 saturated heterocycles. The Labute approximate surface area is 253 Å². The molecule has 0 radical (unpaired) electrons. The van der Waals surface area contributed by atoms with Gasteiger partial charge in [-0.15, -0.1) is 11.8 Å². The van der Waals surface area contributed by atoms with Crippen LogP contribution in [0.1, 0.15) is 22.3 Å². The average Bonchev–Trinajstić information content (AvgIpc) is 3.04. The van der Waals surface area contributed by atoms with E-state index < -0.39 is 0 Å². The van der Waals surface area contributed by atoms with Gasteiger partial charge in [0.15, 0.2) is 0 Å². The molecule has 0 fully saturated rings. The zero-order chi connectivity index (χ0) is 29.8. The first-order chi connectivity index (χ1) is 21.0. The highest BCUT2D eigenvalue weighted by molar-refractivity contribution is 8.00. The van der Waals surface area contributed by atoms with E-state index in [0.29, 0.717) is 0 Å². The summed E-state index contributed by atoms with van der Waals surface area (Å²) in [6.07, 6.45) is 3.40. The standard InChI is InChI=1S/C36H30N4O2S/c1-23-25-11-3-7-15-29(25)33(30-16-8-4-12-26(23)30)19-37-39-35(41)21-43-22-36(42)40-38-20-34-31-17-9-5-13-27(31)24(2)28-14-6-10-18-32(28)34/h3-20H,21-22H2,1-2H3,(H,39,41)(H,40,42)/b37-19+,38-20+. The number of hydrogen-bond acceptors (Lipinski definition) is 5. The van der Waals surface area contributed by atoms with Crippen LogP contribution < -0.4 is 10.9 Å². The second-order valence-corrected chi connectivity index (χ2v) is 11.3. The molecule has 0 bridgehead atoms. The minimum atomic E-state index is -0.282. The summed E-state index contributed by atoms with van der Waals surface area (Å²) in [6.45, 7) is 4.25. The fourth-order valence-electron chi connectivity index (χ4n) is 5.68. The third-order valence-electron chi connectivity index (χ3n) is 7.72. The van der Waals surface area contributed by atoms with Gasteiger partial charge < -0.3 is 0 Å². The lowest BCUT2D eigenvalue weighted by Crippen LogP contribution is -2.23. The van der Waals surface area contributed by atoms with Crippen molar-refractivity contribution in [1.29, 1.82) is 0 Å². The van der Waals surface area contributed by atoms with E-state index in [1.807, 2.05) is 48.5 Å². The summed E-state index contributed by atoms with van der Waals surface area (Å²) in [7, 11) is 0. The molecule has 0 aliphatic rings. The van der Waals surface area contributed by atoms with Crippen molar-refractivity contribution in [2.45, 2.75) is 13.8 Å². The molecule has 6 rings (SSSR count). The molecule has 2 amide bonds. The fraction of sp³-hybridized carbons (Fsp3) is 0.111. The number of fused-ring (bicyclic) bond motifs is 4. The minimum absolute atomic E-state index is 0.0943. The van der Waals surface area contributed by atoms with E-state index in [1.165, 1.54) is 22.9 Å². The van der Waals surface area contributed by atoms with Gasteiger partial charge in [-0.05, 0) is 68.1 Å². The van der Waals surface area contributed by atoms with Gasteiger partial charge in [0, 0.05) is 11.1 Å². The number of aryl methyl sites for hydroxylation is 2. The number of nitrogens with zero attached hydrogens (tertiary/aromatic N) is 2. The van der Waals surface area contributed by atoms with Gasteiger partial charge in [0.05, 0.1) is 23.9 Å². The number of hydrazone groups is 2. The van der Waals surface area contributed by atoms with Crippen LogP contribution in [0.25, 0.3) is 43.1 Å². The number of hydrogen-bond donors (Lipinski definition) is 2. The van der Waals surface area contributed by atoms with Crippen molar-refractivity contribution >= 4 is 79.1 Å². The van der Waals surface area contributed by atoms with Crippen molar-refractivity contribution in [3.8, 4) is 0 Å². The monoisotopic (exact) mass is 582 g/mol.